The van der Waals surface area contributed by atoms with Crippen molar-refractivity contribution in [2.45, 2.75) is 32.4 Å². The lowest BCUT2D eigenvalue weighted by molar-refractivity contribution is 0.276. The fourth-order valence-electron chi connectivity index (χ4n) is 1.88. The Morgan fingerprint density at radius 2 is 2.12 bits per heavy atom. The highest BCUT2D eigenvalue weighted by Crippen LogP contribution is 2.25. The molecule has 4 nitrogen and oxygen atoms in total. The van der Waals surface area contributed by atoms with Crippen LogP contribution in [0, 0.1) is 0 Å². The predicted molar refractivity (Wildman–Crippen MR) is 64.0 cm³/mol. The fraction of sp³-hybridized carbons (Fsp3) is 0.667. The molecule has 1 fully saturated rings. The number of hydrogen-bond acceptors (Lipinski definition) is 4. The number of nitrogens with zero attached hydrogens (tertiary/aromatic N) is 3. The average molecular weight is 220 g/mol. The van der Waals surface area contributed by atoms with Gasteiger partial charge in [0.1, 0.15) is 5.82 Å². The van der Waals surface area contributed by atoms with E-state index in [-0.39, 0.29) is 0 Å². The summed E-state index contributed by atoms with van der Waals surface area (Å²) in [5.74, 6) is 0.872. The maximum Gasteiger partial charge on any atom is 0.141 e. The van der Waals surface area contributed by atoms with Gasteiger partial charge >= 0.3 is 0 Å². The SMILES string of the molecule is CCN(CCNCc1ncccn1)C1CC1. The van der Waals surface area contributed by atoms with E-state index in [1.807, 2.05) is 6.07 Å². The average Bonchev–Trinajstić information content (AvgIpc) is 3.15. The Morgan fingerprint density at radius 3 is 2.75 bits per heavy atom. The minimum atomic E-state index is 0.767. The van der Waals surface area contributed by atoms with Crippen molar-refractivity contribution in [1.82, 2.24) is 20.2 Å². The van der Waals surface area contributed by atoms with Crippen molar-refractivity contribution in [2.24, 2.45) is 0 Å². The van der Waals surface area contributed by atoms with Crippen LogP contribution in [0.2, 0.25) is 0 Å². The Labute approximate surface area is 97.1 Å². The molecule has 1 aromatic heterocycles. The van der Waals surface area contributed by atoms with E-state index in [9.17, 15) is 0 Å². The second-order valence-corrected chi connectivity index (χ2v) is 4.20. The number of aromatic nitrogens is 2. The second-order valence-electron chi connectivity index (χ2n) is 4.20. The van der Waals surface area contributed by atoms with E-state index in [0.717, 1.165) is 38.0 Å². The van der Waals surface area contributed by atoms with E-state index in [4.69, 9.17) is 0 Å². The maximum atomic E-state index is 4.18. The molecule has 2 rings (SSSR count). The lowest BCUT2D eigenvalue weighted by Crippen LogP contribution is -2.33. The van der Waals surface area contributed by atoms with Gasteiger partial charge in [-0.05, 0) is 25.5 Å². The Kier molecular flexibility index (Phi) is 4.25. The van der Waals surface area contributed by atoms with E-state index in [1.54, 1.807) is 12.4 Å². The highest BCUT2D eigenvalue weighted by molar-refractivity contribution is 4.88. The van der Waals surface area contributed by atoms with Gasteiger partial charge in [0, 0.05) is 31.5 Å². The molecule has 1 aromatic rings. The summed E-state index contributed by atoms with van der Waals surface area (Å²) in [5, 5.41) is 3.38. The van der Waals surface area contributed by atoms with E-state index < -0.39 is 0 Å². The lowest BCUT2D eigenvalue weighted by atomic mass is 10.4. The summed E-state index contributed by atoms with van der Waals surface area (Å²) in [6, 6.07) is 2.70. The zero-order chi connectivity index (χ0) is 11.2. The molecule has 1 aliphatic carbocycles. The molecule has 4 heteroatoms. The van der Waals surface area contributed by atoms with Crippen LogP contribution in [-0.4, -0.2) is 40.5 Å². The topological polar surface area (TPSA) is 41.0 Å². The Balaban J connectivity index is 1.61. The molecule has 0 bridgehead atoms. The monoisotopic (exact) mass is 220 g/mol. The van der Waals surface area contributed by atoms with Crippen molar-refractivity contribution >= 4 is 0 Å². The highest BCUT2D eigenvalue weighted by Gasteiger charge is 2.26. The standard InChI is InChI=1S/C12H20N4/c1-2-16(11-4-5-11)9-8-13-10-12-14-6-3-7-15-12/h3,6-7,11,13H,2,4-5,8-10H2,1H3. The van der Waals surface area contributed by atoms with Gasteiger partial charge < -0.3 is 5.32 Å². The summed E-state index contributed by atoms with van der Waals surface area (Å²) in [4.78, 5) is 10.9. The van der Waals surface area contributed by atoms with Crippen LogP contribution < -0.4 is 5.32 Å². The van der Waals surface area contributed by atoms with E-state index >= 15 is 0 Å². The van der Waals surface area contributed by atoms with Gasteiger partial charge in [-0.25, -0.2) is 9.97 Å². The van der Waals surface area contributed by atoms with Crippen LogP contribution in [0.4, 0.5) is 0 Å². The second kappa shape index (κ2) is 5.92. The van der Waals surface area contributed by atoms with Crippen molar-refractivity contribution in [1.29, 1.82) is 0 Å². The third-order valence-corrected chi connectivity index (χ3v) is 2.95. The molecular formula is C12H20N4. The Bertz CT molecular complexity index is 297. The molecule has 0 atom stereocenters. The van der Waals surface area contributed by atoms with Crippen molar-refractivity contribution in [3.05, 3.63) is 24.3 Å². The van der Waals surface area contributed by atoms with E-state index in [1.165, 1.54) is 12.8 Å². The van der Waals surface area contributed by atoms with Gasteiger partial charge in [0.2, 0.25) is 0 Å². The zero-order valence-electron chi connectivity index (χ0n) is 9.89. The van der Waals surface area contributed by atoms with Crippen LogP contribution in [0.25, 0.3) is 0 Å². The molecule has 0 aromatic carbocycles. The van der Waals surface area contributed by atoms with Gasteiger partial charge in [-0.15, -0.1) is 0 Å². The first-order chi connectivity index (χ1) is 7.90. The van der Waals surface area contributed by atoms with Gasteiger partial charge in [-0.2, -0.15) is 0 Å². The van der Waals surface area contributed by atoms with Crippen LogP contribution in [0.3, 0.4) is 0 Å². The summed E-state index contributed by atoms with van der Waals surface area (Å²) >= 11 is 0. The molecule has 0 saturated heterocycles. The maximum absolute atomic E-state index is 4.18. The molecule has 88 valence electrons. The van der Waals surface area contributed by atoms with Gasteiger partial charge in [0.05, 0.1) is 6.54 Å². The molecule has 16 heavy (non-hydrogen) atoms. The zero-order valence-corrected chi connectivity index (χ0v) is 9.89. The summed E-state index contributed by atoms with van der Waals surface area (Å²) in [6.45, 7) is 6.31. The number of nitrogens with one attached hydrogen (secondary N) is 1. The fourth-order valence-corrected chi connectivity index (χ4v) is 1.88. The first-order valence-corrected chi connectivity index (χ1v) is 6.11. The highest BCUT2D eigenvalue weighted by atomic mass is 15.2. The predicted octanol–water partition coefficient (Wildman–Crippen LogP) is 1.05. The molecule has 0 amide bonds. The van der Waals surface area contributed by atoms with Crippen LogP contribution in [-0.2, 0) is 6.54 Å². The molecule has 1 saturated carbocycles. The van der Waals surface area contributed by atoms with E-state index in [2.05, 4.69) is 27.1 Å². The van der Waals surface area contributed by atoms with Crippen LogP contribution >= 0.6 is 0 Å². The van der Waals surface area contributed by atoms with Crippen molar-refractivity contribution in [3.63, 3.8) is 0 Å². The van der Waals surface area contributed by atoms with Crippen LogP contribution in [0.1, 0.15) is 25.6 Å². The summed E-state index contributed by atoms with van der Waals surface area (Å²) < 4.78 is 0. The molecule has 0 unspecified atom stereocenters. The Morgan fingerprint density at radius 1 is 1.38 bits per heavy atom. The molecule has 0 radical (unpaired) electrons. The van der Waals surface area contributed by atoms with Crippen molar-refractivity contribution in [2.75, 3.05) is 19.6 Å². The quantitative estimate of drug-likeness (QED) is 0.697. The van der Waals surface area contributed by atoms with Crippen molar-refractivity contribution < 1.29 is 0 Å². The van der Waals surface area contributed by atoms with Gasteiger partial charge in [-0.3, -0.25) is 4.90 Å². The third-order valence-electron chi connectivity index (χ3n) is 2.95. The van der Waals surface area contributed by atoms with Gasteiger partial charge in [0.15, 0.2) is 0 Å². The Hall–Kier alpha value is -1.00. The summed E-state index contributed by atoms with van der Waals surface area (Å²) in [6.07, 6.45) is 6.34. The summed E-state index contributed by atoms with van der Waals surface area (Å²) in [5.41, 5.74) is 0. The summed E-state index contributed by atoms with van der Waals surface area (Å²) in [7, 11) is 0. The molecule has 0 spiro atoms. The van der Waals surface area contributed by atoms with Crippen LogP contribution in [0.15, 0.2) is 18.5 Å². The van der Waals surface area contributed by atoms with Gasteiger partial charge in [-0.1, -0.05) is 6.92 Å². The molecule has 1 aliphatic rings. The normalized spacial score (nSPS) is 15.6. The molecule has 1 heterocycles. The van der Waals surface area contributed by atoms with Crippen LogP contribution in [0.5, 0.6) is 0 Å². The first kappa shape index (κ1) is 11.5. The van der Waals surface area contributed by atoms with E-state index in [0.29, 0.717) is 0 Å². The number of rotatable bonds is 7. The number of hydrogen-bond donors (Lipinski definition) is 1. The minimum absolute atomic E-state index is 0.767. The largest absolute Gasteiger partial charge is 0.309 e. The minimum Gasteiger partial charge on any atom is -0.309 e. The lowest BCUT2D eigenvalue weighted by Gasteiger charge is -2.19. The first-order valence-electron chi connectivity index (χ1n) is 6.11. The van der Waals surface area contributed by atoms with Crippen molar-refractivity contribution in [3.8, 4) is 0 Å². The smallest absolute Gasteiger partial charge is 0.141 e. The molecule has 1 N–H and O–H groups in total. The van der Waals surface area contributed by atoms with Gasteiger partial charge in [0.25, 0.3) is 0 Å². The number of likely N-dealkylation sites (N-methyl/N-ethyl adjacent to an activating group) is 1. The molecule has 0 aliphatic heterocycles. The third kappa shape index (κ3) is 3.54. The molecular weight excluding hydrogens is 200 g/mol.